The Hall–Kier alpha value is -0.680. The lowest BCUT2D eigenvalue weighted by Crippen LogP contribution is -2.26. The van der Waals surface area contributed by atoms with Crippen LogP contribution >= 0.6 is 24.8 Å². The van der Waals surface area contributed by atoms with Crippen LogP contribution in [-0.2, 0) is 6.54 Å². The third-order valence-corrected chi connectivity index (χ3v) is 2.67. The molecule has 0 aliphatic carbocycles. The first-order valence-electron chi connectivity index (χ1n) is 6.91. The number of ether oxygens (including phenoxy) is 2. The average Bonchev–Trinajstić information content (AvgIpc) is 2.38. The Morgan fingerprint density at radius 3 is 2.19 bits per heavy atom. The van der Waals surface area contributed by atoms with Crippen molar-refractivity contribution < 1.29 is 9.47 Å². The molecule has 0 aromatic heterocycles. The van der Waals surface area contributed by atoms with Crippen LogP contribution in [0.3, 0.4) is 0 Å². The van der Waals surface area contributed by atoms with E-state index in [-0.39, 0.29) is 24.8 Å². The third-order valence-electron chi connectivity index (χ3n) is 2.67. The normalized spacial score (nSPS) is 9.76. The third kappa shape index (κ3) is 9.04. The smallest absolute Gasteiger partial charge is 0.161 e. The van der Waals surface area contributed by atoms with Crippen LogP contribution in [0.1, 0.15) is 19.4 Å². The molecule has 1 rings (SSSR count). The molecule has 0 aliphatic rings. The van der Waals surface area contributed by atoms with Crippen LogP contribution in [0.25, 0.3) is 0 Å². The highest BCUT2D eigenvalue weighted by molar-refractivity contribution is 5.85. The Labute approximate surface area is 141 Å². The molecule has 6 heteroatoms. The SMILES string of the molecule is CCOc1ccc(CNCCN(C)C)cc1OCC.Cl.Cl. The van der Waals surface area contributed by atoms with E-state index in [0.717, 1.165) is 31.1 Å². The summed E-state index contributed by atoms with van der Waals surface area (Å²) in [5, 5.41) is 3.42. The molecule has 0 fully saturated rings. The maximum Gasteiger partial charge on any atom is 0.161 e. The Kier molecular flexibility index (Phi) is 14.0. The van der Waals surface area contributed by atoms with Crippen molar-refractivity contribution in [3.05, 3.63) is 23.8 Å². The number of nitrogens with zero attached hydrogens (tertiary/aromatic N) is 1. The fraction of sp³-hybridized carbons (Fsp3) is 0.600. The van der Waals surface area contributed by atoms with E-state index in [1.807, 2.05) is 19.9 Å². The second-order valence-corrected chi connectivity index (χ2v) is 4.63. The first-order chi connectivity index (χ1) is 9.17. The number of halogens is 2. The highest BCUT2D eigenvalue weighted by Gasteiger charge is 2.05. The van der Waals surface area contributed by atoms with E-state index in [2.05, 4.69) is 36.4 Å². The number of hydrogen-bond acceptors (Lipinski definition) is 4. The quantitative estimate of drug-likeness (QED) is 0.702. The number of hydrogen-bond donors (Lipinski definition) is 1. The molecule has 0 atom stereocenters. The summed E-state index contributed by atoms with van der Waals surface area (Å²) in [6, 6.07) is 6.12. The second kappa shape index (κ2) is 13.0. The molecule has 0 unspecified atom stereocenters. The van der Waals surface area contributed by atoms with E-state index in [1.54, 1.807) is 0 Å². The van der Waals surface area contributed by atoms with E-state index in [9.17, 15) is 0 Å². The minimum absolute atomic E-state index is 0. The van der Waals surface area contributed by atoms with Gasteiger partial charge in [-0.25, -0.2) is 0 Å². The molecule has 1 N–H and O–H groups in total. The van der Waals surface area contributed by atoms with Gasteiger partial charge >= 0.3 is 0 Å². The molecular formula is C15H28Cl2N2O2. The average molecular weight is 339 g/mol. The van der Waals surface area contributed by atoms with Gasteiger partial charge in [-0.1, -0.05) is 6.07 Å². The van der Waals surface area contributed by atoms with Gasteiger partial charge in [0.1, 0.15) is 0 Å². The highest BCUT2D eigenvalue weighted by atomic mass is 35.5. The van der Waals surface area contributed by atoms with Gasteiger partial charge < -0.3 is 19.7 Å². The van der Waals surface area contributed by atoms with Crippen molar-refractivity contribution in [2.75, 3.05) is 40.4 Å². The lowest BCUT2D eigenvalue weighted by Gasteiger charge is -2.13. The summed E-state index contributed by atoms with van der Waals surface area (Å²) < 4.78 is 11.2. The lowest BCUT2D eigenvalue weighted by atomic mass is 10.2. The van der Waals surface area contributed by atoms with E-state index < -0.39 is 0 Å². The number of benzene rings is 1. The zero-order chi connectivity index (χ0) is 14.1. The molecular weight excluding hydrogens is 311 g/mol. The largest absolute Gasteiger partial charge is 0.490 e. The van der Waals surface area contributed by atoms with Crippen LogP contribution in [0.4, 0.5) is 0 Å². The van der Waals surface area contributed by atoms with Crippen molar-refractivity contribution in [1.82, 2.24) is 10.2 Å². The van der Waals surface area contributed by atoms with E-state index in [1.165, 1.54) is 5.56 Å². The fourth-order valence-electron chi connectivity index (χ4n) is 1.74. The first-order valence-corrected chi connectivity index (χ1v) is 6.91. The predicted octanol–water partition coefficient (Wildman–Crippen LogP) is 2.98. The van der Waals surface area contributed by atoms with Crippen LogP contribution in [0.5, 0.6) is 11.5 Å². The summed E-state index contributed by atoms with van der Waals surface area (Å²) in [4.78, 5) is 2.16. The van der Waals surface area contributed by atoms with Gasteiger partial charge in [0, 0.05) is 19.6 Å². The monoisotopic (exact) mass is 338 g/mol. The van der Waals surface area contributed by atoms with E-state index in [4.69, 9.17) is 9.47 Å². The van der Waals surface area contributed by atoms with Gasteiger partial charge in [0.15, 0.2) is 11.5 Å². The Morgan fingerprint density at radius 1 is 1.00 bits per heavy atom. The van der Waals surface area contributed by atoms with Crippen molar-refractivity contribution in [3.8, 4) is 11.5 Å². The molecule has 0 saturated carbocycles. The van der Waals surface area contributed by atoms with Crippen LogP contribution in [0.2, 0.25) is 0 Å². The molecule has 4 nitrogen and oxygen atoms in total. The van der Waals surface area contributed by atoms with Gasteiger partial charge in [0.2, 0.25) is 0 Å². The number of rotatable bonds is 9. The summed E-state index contributed by atoms with van der Waals surface area (Å²) >= 11 is 0. The van der Waals surface area contributed by atoms with Gasteiger partial charge in [0.25, 0.3) is 0 Å². The van der Waals surface area contributed by atoms with Crippen LogP contribution < -0.4 is 14.8 Å². The molecule has 21 heavy (non-hydrogen) atoms. The van der Waals surface area contributed by atoms with Crippen LogP contribution in [-0.4, -0.2) is 45.3 Å². The predicted molar refractivity (Wildman–Crippen MR) is 93.5 cm³/mol. The van der Waals surface area contributed by atoms with Crippen molar-refractivity contribution in [2.45, 2.75) is 20.4 Å². The topological polar surface area (TPSA) is 33.7 Å². The van der Waals surface area contributed by atoms with Crippen molar-refractivity contribution in [3.63, 3.8) is 0 Å². The van der Waals surface area contributed by atoms with Crippen molar-refractivity contribution in [2.24, 2.45) is 0 Å². The van der Waals surface area contributed by atoms with Gasteiger partial charge in [-0.3, -0.25) is 0 Å². The second-order valence-electron chi connectivity index (χ2n) is 4.63. The van der Waals surface area contributed by atoms with E-state index >= 15 is 0 Å². The maximum absolute atomic E-state index is 5.61. The minimum atomic E-state index is 0. The van der Waals surface area contributed by atoms with Gasteiger partial charge in [0.05, 0.1) is 13.2 Å². The standard InChI is InChI=1S/C15H26N2O2.2ClH/c1-5-18-14-8-7-13(11-15(14)19-6-2)12-16-9-10-17(3)4;;/h7-8,11,16H,5-6,9-10,12H2,1-4H3;2*1H. The van der Waals surface area contributed by atoms with Crippen molar-refractivity contribution >= 4 is 24.8 Å². The fourth-order valence-corrected chi connectivity index (χ4v) is 1.74. The number of nitrogens with one attached hydrogen (secondary N) is 1. The summed E-state index contributed by atoms with van der Waals surface area (Å²) in [6.07, 6.45) is 0. The van der Waals surface area contributed by atoms with E-state index in [0.29, 0.717) is 13.2 Å². The molecule has 124 valence electrons. The van der Waals surface area contributed by atoms with Crippen LogP contribution in [0.15, 0.2) is 18.2 Å². The molecule has 0 spiro atoms. The van der Waals surface area contributed by atoms with Gasteiger partial charge in [-0.2, -0.15) is 0 Å². The summed E-state index contributed by atoms with van der Waals surface area (Å²) in [6.45, 7) is 8.13. The highest BCUT2D eigenvalue weighted by Crippen LogP contribution is 2.28. The van der Waals surface area contributed by atoms with Gasteiger partial charge in [-0.15, -0.1) is 24.8 Å². The molecule has 0 aliphatic heterocycles. The van der Waals surface area contributed by atoms with Crippen molar-refractivity contribution in [1.29, 1.82) is 0 Å². The molecule has 0 heterocycles. The summed E-state index contributed by atoms with van der Waals surface area (Å²) in [7, 11) is 4.15. The van der Waals surface area contributed by atoms with Gasteiger partial charge in [-0.05, 0) is 45.6 Å². The Balaban J connectivity index is 0. The molecule has 1 aromatic rings. The Bertz CT molecular complexity index is 377. The molecule has 1 aromatic carbocycles. The molecule has 0 amide bonds. The summed E-state index contributed by atoms with van der Waals surface area (Å²) in [5.74, 6) is 1.65. The molecule has 0 bridgehead atoms. The summed E-state index contributed by atoms with van der Waals surface area (Å²) in [5.41, 5.74) is 1.21. The number of likely N-dealkylation sites (N-methyl/N-ethyl adjacent to an activating group) is 1. The molecule has 0 radical (unpaired) electrons. The zero-order valence-corrected chi connectivity index (χ0v) is 15.0. The first kappa shape index (κ1) is 22.6. The lowest BCUT2D eigenvalue weighted by molar-refractivity contribution is 0.287. The molecule has 0 saturated heterocycles. The maximum atomic E-state index is 5.61. The Morgan fingerprint density at radius 2 is 1.62 bits per heavy atom. The van der Waals surface area contributed by atoms with Crippen LogP contribution in [0, 0.1) is 0 Å². The minimum Gasteiger partial charge on any atom is -0.490 e. The zero-order valence-electron chi connectivity index (χ0n) is 13.3.